The van der Waals surface area contributed by atoms with E-state index in [4.69, 9.17) is 14.2 Å². The van der Waals surface area contributed by atoms with Crippen molar-refractivity contribution >= 4 is 11.7 Å². The van der Waals surface area contributed by atoms with E-state index in [1.165, 1.54) is 16.7 Å². The van der Waals surface area contributed by atoms with E-state index in [2.05, 4.69) is 36.1 Å². The summed E-state index contributed by atoms with van der Waals surface area (Å²) in [5, 5.41) is 12.0. The van der Waals surface area contributed by atoms with Crippen LogP contribution in [0.1, 0.15) is 63.4 Å². The van der Waals surface area contributed by atoms with Crippen molar-refractivity contribution < 1.29 is 24.1 Å². The Bertz CT molecular complexity index is 1010. The first-order valence-corrected chi connectivity index (χ1v) is 12.9. The van der Waals surface area contributed by atoms with Crippen LogP contribution in [0, 0.1) is 17.3 Å². The van der Waals surface area contributed by atoms with Crippen LogP contribution in [-0.2, 0) is 19.0 Å². The summed E-state index contributed by atoms with van der Waals surface area (Å²) in [5.74, 6) is 0.00733. The second-order valence-electron chi connectivity index (χ2n) is 11.6. The monoisotopic (exact) mass is 467 g/mol. The van der Waals surface area contributed by atoms with Gasteiger partial charge in [0.25, 0.3) is 0 Å². The molecule has 0 amide bonds. The van der Waals surface area contributed by atoms with Crippen molar-refractivity contribution in [1.29, 1.82) is 0 Å². The fourth-order valence-electron chi connectivity index (χ4n) is 7.87. The Morgan fingerprint density at radius 3 is 2.47 bits per heavy atom. The molecule has 0 aromatic heterocycles. The van der Waals surface area contributed by atoms with Crippen LogP contribution in [0.25, 0.3) is 0 Å². The molecule has 2 saturated carbocycles. The summed E-state index contributed by atoms with van der Waals surface area (Å²) in [6.45, 7) is 3.84. The molecule has 4 fully saturated rings. The highest BCUT2D eigenvalue weighted by atomic mass is 16.7. The van der Waals surface area contributed by atoms with Gasteiger partial charge in [-0.2, -0.15) is 0 Å². The fraction of sp³-hybridized carbons (Fsp3) is 0.679. The van der Waals surface area contributed by atoms with Crippen LogP contribution >= 0.6 is 0 Å². The first-order chi connectivity index (χ1) is 16.2. The lowest BCUT2D eigenvalue weighted by Crippen LogP contribution is -2.56. The largest absolute Gasteiger partial charge is 0.465 e. The van der Waals surface area contributed by atoms with E-state index in [0.29, 0.717) is 38.6 Å². The number of cyclic esters (lactones) is 1. The lowest BCUT2D eigenvalue weighted by Gasteiger charge is -2.57. The van der Waals surface area contributed by atoms with Gasteiger partial charge in [0, 0.05) is 38.5 Å². The molecule has 2 aliphatic heterocycles. The number of nitrogens with zero attached hydrogens (tertiary/aromatic N) is 1. The molecule has 3 aliphatic carbocycles. The molecule has 1 spiro atoms. The third-order valence-corrected chi connectivity index (χ3v) is 9.56. The van der Waals surface area contributed by atoms with Gasteiger partial charge in [-0.15, -0.1) is 0 Å². The van der Waals surface area contributed by atoms with E-state index >= 15 is 0 Å². The molecule has 1 aromatic rings. The van der Waals surface area contributed by atoms with Crippen LogP contribution < -0.4 is 4.90 Å². The van der Waals surface area contributed by atoms with E-state index in [1.807, 2.05) is 14.1 Å². The second kappa shape index (κ2) is 7.81. The number of fused-ring (bicyclic) bond motifs is 4. The summed E-state index contributed by atoms with van der Waals surface area (Å²) < 4.78 is 17.7. The van der Waals surface area contributed by atoms with E-state index < -0.39 is 16.8 Å². The average Bonchev–Trinajstić information content (AvgIpc) is 3.26. The van der Waals surface area contributed by atoms with Gasteiger partial charge in [-0.25, -0.2) is 0 Å². The highest BCUT2D eigenvalue weighted by Gasteiger charge is 2.60. The van der Waals surface area contributed by atoms with Gasteiger partial charge in [-0.05, 0) is 74.1 Å². The van der Waals surface area contributed by atoms with Crippen LogP contribution in [0.3, 0.4) is 0 Å². The predicted octanol–water partition coefficient (Wildman–Crippen LogP) is 4.17. The standard InChI is InChI=1S/C28H37NO5/c1-26-16-21(18-4-6-19(7-5-18)29(2)3)24-20(22(26)10-13-32-25(26)30)8-11-27(31)17-28(12-9-23(24)27)33-14-15-34-28/h4-7,20-22,31H,8-17H2,1-3H3/t20-,21+,22-,26-,27+/m0/s1. The molecule has 6 heteroatoms. The fourth-order valence-corrected chi connectivity index (χ4v) is 7.87. The number of hydrogen-bond donors (Lipinski definition) is 1. The first kappa shape index (κ1) is 22.6. The van der Waals surface area contributed by atoms with Gasteiger partial charge in [0.05, 0.1) is 30.8 Å². The van der Waals surface area contributed by atoms with E-state index in [0.717, 1.165) is 37.8 Å². The van der Waals surface area contributed by atoms with Gasteiger partial charge in [0.2, 0.25) is 0 Å². The molecule has 5 atom stereocenters. The third-order valence-electron chi connectivity index (χ3n) is 9.56. The lowest BCUT2D eigenvalue weighted by atomic mass is 9.49. The Kier molecular flexibility index (Phi) is 5.18. The van der Waals surface area contributed by atoms with Crippen molar-refractivity contribution in [3.8, 4) is 0 Å². The zero-order valence-electron chi connectivity index (χ0n) is 20.6. The van der Waals surface area contributed by atoms with Gasteiger partial charge < -0.3 is 24.2 Å². The Morgan fingerprint density at radius 1 is 1.03 bits per heavy atom. The SMILES string of the molecule is CN(C)c1ccc([C@H]2C[C@]3(C)C(=O)OCC[C@H]3[C@@H]3CC[C@@]4(O)CC5(CCC4=C32)OCCO5)cc1. The molecule has 0 unspecified atom stereocenters. The van der Waals surface area contributed by atoms with Crippen molar-refractivity contribution in [3.63, 3.8) is 0 Å². The molecule has 184 valence electrons. The topological polar surface area (TPSA) is 68.2 Å². The number of allylic oxidation sites excluding steroid dienone is 1. The van der Waals surface area contributed by atoms with Crippen molar-refractivity contribution in [3.05, 3.63) is 41.0 Å². The Morgan fingerprint density at radius 2 is 1.76 bits per heavy atom. The summed E-state index contributed by atoms with van der Waals surface area (Å²) >= 11 is 0. The van der Waals surface area contributed by atoms with Gasteiger partial charge in [0.15, 0.2) is 5.79 Å². The van der Waals surface area contributed by atoms with E-state index in [-0.39, 0.29) is 17.8 Å². The van der Waals surface area contributed by atoms with Gasteiger partial charge in [-0.1, -0.05) is 17.7 Å². The highest BCUT2D eigenvalue weighted by molar-refractivity contribution is 5.78. The Labute approximate surface area is 202 Å². The zero-order chi connectivity index (χ0) is 23.7. The van der Waals surface area contributed by atoms with Gasteiger partial charge in [0.1, 0.15) is 0 Å². The number of aliphatic hydroxyl groups is 1. The summed E-state index contributed by atoms with van der Waals surface area (Å²) in [5.41, 5.74) is 3.62. The summed E-state index contributed by atoms with van der Waals surface area (Å²) in [7, 11) is 4.10. The third kappa shape index (κ3) is 3.29. The number of hydrogen-bond acceptors (Lipinski definition) is 6. The zero-order valence-corrected chi connectivity index (χ0v) is 20.6. The maximum Gasteiger partial charge on any atom is 0.312 e. The molecule has 2 heterocycles. The Balaban J connectivity index is 1.46. The maximum absolute atomic E-state index is 13.1. The highest BCUT2D eigenvalue weighted by Crippen LogP contribution is 2.63. The van der Waals surface area contributed by atoms with Crippen LogP contribution in [0.5, 0.6) is 0 Å². The number of anilines is 1. The minimum atomic E-state index is -0.890. The molecule has 34 heavy (non-hydrogen) atoms. The van der Waals surface area contributed by atoms with Crippen molar-refractivity contribution in [1.82, 2.24) is 0 Å². The smallest absolute Gasteiger partial charge is 0.312 e. The summed E-state index contributed by atoms with van der Waals surface area (Å²) in [4.78, 5) is 15.2. The molecule has 1 N–H and O–H groups in total. The van der Waals surface area contributed by atoms with Crippen molar-refractivity contribution in [2.45, 2.75) is 69.2 Å². The summed E-state index contributed by atoms with van der Waals surface area (Å²) in [6.07, 6.45) is 5.34. The van der Waals surface area contributed by atoms with Crippen molar-refractivity contribution in [2.75, 3.05) is 38.8 Å². The second-order valence-corrected chi connectivity index (χ2v) is 11.6. The number of ether oxygens (including phenoxy) is 3. The molecule has 1 aromatic carbocycles. The Hall–Kier alpha value is -1.89. The number of carbonyl (C=O) groups is 1. The predicted molar refractivity (Wildman–Crippen MR) is 128 cm³/mol. The quantitative estimate of drug-likeness (QED) is 0.520. The van der Waals surface area contributed by atoms with Crippen LogP contribution in [0.15, 0.2) is 35.4 Å². The van der Waals surface area contributed by atoms with Crippen molar-refractivity contribution in [2.24, 2.45) is 17.3 Å². The molecule has 6 nitrogen and oxygen atoms in total. The van der Waals surface area contributed by atoms with Crippen LogP contribution in [-0.4, -0.2) is 56.4 Å². The molecule has 5 aliphatic rings. The molecule has 0 radical (unpaired) electrons. The lowest BCUT2D eigenvalue weighted by molar-refractivity contribution is -0.208. The number of esters is 1. The van der Waals surface area contributed by atoms with Gasteiger partial charge in [-0.3, -0.25) is 4.79 Å². The number of rotatable bonds is 2. The normalized spacial score (nSPS) is 38.7. The molecule has 0 bridgehead atoms. The summed E-state index contributed by atoms with van der Waals surface area (Å²) in [6, 6.07) is 8.75. The number of benzene rings is 1. The van der Waals surface area contributed by atoms with Gasteiger partial charge >= 0.3 is 5.97 Å². The molecule has 2 saturated heterocycles. The van der Waals surface area contributed by atoms with Crippen LogP contribution in [0.2, 0.25) is 0 Å². The maximum atomic E-state index is 13.1. The minimum Gasteiger partial charge on any atom is -0.465 e. The number of carbonyl (C=O) groups excluding carboxylic acids is 1. The van der Waals surface area contributed by atoms with E-state index in [9.17, 15) is 9.90 Å². The molecule has 6 rings (SSSR count). The molecular weight excluding hydrogens is 430 g/mol. The van der Waals surface area contributed by atoms with E-state index in [1.54, 1.807) is 0 Å². The average molecular weight is 468 g/mol. The molecular formula is C28H37NO5. The van der Waals surface area contributed by atoms with Crippen LogP contribution in [0.4, 0.5) is 5.69 Å². The minimum absolute atomic E-state index is 0.0427. The first-order valence-electron chi connectivity index (χ1n) is 12.9.